The standard InChI is InChI=1S/C22H21FN4OS/c1-14-17(18-11-16(23)4-5-19(18)26-14)12-21(28)25-8-2-3-22-27-20(13-29-22)15-6-9-24-10-7-15/h4-7,9-11,13,26H,2-3,8,12H2,1H3,(H,25,28). The van der Waals surface area contributed by atoms with Crippen molar-refractivity contribution in [3.63, 3.8) is 0 Å². The van der Waals surface area contributed by atoms with Gasteiger partial charge in [-0.1, -0.05) is 0 Å². The number of aromatic nitrogens is 3. The first kappa shape index (κ1) is 19.3. The van der Waals surface area contributed by atoms with E-state index in [9.17, 15) is 9.18 Å². The quantitative estimate of drug-likeness (QED) is 0.445. The zero-order chi connectivity index (χ0) is 20.2. The van der Waals surface area contributed by atoms with Gasteiger partial charge in [-0.25, -0.2) is 9.37 Å². The van der Waals surface area contributed by atoms with Gasteiger partial charge < -0.3 is 10.3 Å². The number of nitrogens with zero attached hydrogens (tertiary/aromatic N) is 2. The number of hydrogen-bond acceptors (Lipinski definition) is 4. The van der Waals surface area contributed by atoms with E-state index in [0.717, 1.165) is 51.3 Å². The molecule has 0 unspecified atom stereocenters. The molecule has 0 aliphatic heterocycles. The number of halogens is 1. The molecule has 1 amide bonds. The maximum atomic E-state index is 13.6. The molecule has 1 aromatic carbocycles. The summed E-state index contributed by atoms with van der Waals surface area (Å²) < 4.78 is 13.6. The highest BCUT2D eigenvalue weighted by molar-refractivity contribution is 7.09. The van der Waals surface area contributed by atoms with Crippen LogP contribution in [0.1, 0.15) is 22.7 Å². The zero-order valence-electron chi connectivity index (χ0n) is 16.0. The molecule has 0 aliphatic carbocycles. The molecule has 0 aliphatic rings. The molecule has 4 rings (SSSR count). The summed E-state index contributed by atoms with van der Waals surface area (Å²) in [7, 11) is 0. The van der Waals surface area contributed by atoms with Crippen LogP contribution in [0.2, 0.25) is 0 Å². The summed E-state index contributed by atoms with van der Waals surface area (Å²) >= 11 is 1.63. The van der Waals surface area contributed by atoms with Crippen molar-refractivity contribution in [1.29, 1.82) is 0 Å². The molecular formula is C22H21FN4OS. The van der Waals surface area contributed by atoms with Crippen LogP contribution in [0.3, 0.4) is 0 Å². The molecule has 0 fully saturated rings. The minimum Gasteiger partial charge on any atom is -0.358 e. The van der Waals surface area contributed by atoms with Gasteiger partial charge in [0.1, 0.15) is 5.82 Å². The molecule has 4 aromatic rings. The zero-order valence-corrected chi connectivity index (χ0v) is 16.9. The fourth-order valence-corrected chi connectivity index (χ4v) is 4.20. The summed E-state index contributed by atoms with van der Waals surface area (Å²) in [4.78, 5) is 24.2. The third kappa shape index (κ3) is 4.51. The van der Waals surface area contributed by atoms with E-state index < -0.39 is 0 Å². The summed E-state index contributed by atoms with van der Waals surface area (Å²) in [6.07, 6.45) is 5.38. The molecule has 3 aromatic heterocycles. The molecule has 148 valence electrons. The van der Waals surface area contributed by atoms with Crippen LogP contribution in [0.4, 0.5) is 4.39 Å². The van der Waals surface area contributed by atoms with Gasteiger partial charge in [-0.2, -0.15) is 0 Å². The van der Waals surface area contributed by atoms with E-state index in [0.29, 0.717) is 6.54 Å². The number of thiazole rings is 1. The van der Waals surface area contributed by atoms with Crippen molar-refractivity contribution in [2.75, 3.05) is 6.54 Å². The molecule has 5 nitrogen and oxygen atoms in total. The van der Waals surface area contributed by atoms with Gasteiger partial charge >= 0.3 is 0 Å². The van der Waals surface area contributed by atoms with Crippen LogP contribution in [0.15, 0.2) is 48.1 Å². The van der Waals surface area contributed by atoms with Gasteiger partial charge in [-0.05, 0) is 49.2 Å². The Labute approximate surface area is 172 Å². The van der Waals surface area contributed by atoms with Crippen LogP contribution >= 0.6 is 11.3 Å². The van der Waals surface area contributed by atoms with Crippen molar-refractivity contribution in [2.45, 2.75) is 26.2 Å². The second-order valence-electron chi connectivity index (χ2n) is 6.91. The Morgan fingerprint density at radius 3 is 2.90 bits per heavy atom. The van der Waals surface area contributed by atoms with Crippen LogP contribution < -0.4 is 5.32 Å². The summed E-state index contributed by atoms with van der Waals surface area (Å²) in [6, 6.07) is 8.48. The lowest BCUT2D eigenvalue weighted by Gasteiger charge is -2.05. The van der Waals surface area contributed by atoms with E-state index >= 15 is 0 Å². The molecule has 0 atom stereocenters. The minimum absolute atomic E-state index is 0.0603. The molecule has 3 heterocycles. The van der Waals surface area contributed by atoms with Crippen LogP contribution in [-0.2, 0) is 17.6 Å². The number of fused-ring (bicyclic) bond motifs is 1. The fraction of sp³-hybridized carbons (Fsp3) is 0.227. The number of hydrogen-bond donors (Lipinski definition) is 2. The second kappa shape index (κ2) is 8.53. The summed E-state index contributed by atoms with van der Waals surface area (Å²) in [6.45, 7) is 2.49. The summed E-state index contributed by atoms with van der Waals surface area (Å²) in [5, 5.41) is 6.82. The monoisotopic (exact) mass is 408 g/mol. The van der Waals surface area contributed by atoms with E-state index in [1.807, 2.05) is 24.4 Å². The highest BCUT2D eigenvalue weighted by Crippen LogP contribution is 2.24. The SMILES string of the molecule is Cc1[nH]c2ccc(F)cc2c1CC(=O)NCCCc1nc(-c2ccncc2)cs1. The average Bonchev–Trinajstić information content (AvgIpc) is 3.31. The Kier molecular flexibility index (Phi) is 5.67. The van der Waals surface area contributed by atoms with Crippen LogP contribution in [0.25, 0.3) is 22.2 Å². The lowest BCUT2D eigenvalue weighted by atomic mass is 10.1. The van der Waals surface area contributed by atoms with Crippen LogP contribution in [0, 0.1) is 12.7 Å². The number of rotatable bonds is 7. The number of carbonyl (C=O) groups is 1. The number of nitrogens with one attached hydrogen (secondary N) is 2. The lowest BCUT2D eigenvalue weighted by molar-refractivity contribution is -0.120. The van der Waals surface area contributed by atoms with Crippen LogP contribution in [-0.4, -0.2) is 27.4 Å². The smallest absolute Gasteiger partial charge is 0.224 e. The van der Waals surface area contributed by atoms with Gasteiger partial charge in [-0.3, -0.25) is 9.78 Å². The van der Waals surface area contributed by atoms with Crippen molar-refractivity contribution in [2.24, 2.45) is 0 Å². The number of carbonyl (C=O) groups excluding carboxylic acids is 1. The van der Waals surface area contributed by atoms with Crippen LogP contribution in [0.5, 0.6) is 0 Å². The van der Waals surface area contributed by atoms with E-state index in [1.165, 1.54) is 12.1 Å². The topological polar surface area (TPSA) is 70.7 Å². The lowest BCUT2D eigenvalue weighted by Crippen LogP contribution is -2.26. The Hall–Kier alpha value is -3.06. The van der Waals surface area contributed by atoms with Crippen molar-refractivity contribution in [3.8, 4) is 11.3 Å². The molecular weight excluding hydrogens is 387 g/mol. The molecule has 7 heteroatoms. The highest BCUT2D eigenvalue weighted by atomic mass is 32.1. The van der Waals surface area contributed by atoms with Crippen molar-refractivity contribution < 1.29 is 9.18 Å². The van der Waals surface area contributed by atoms with Gasteiger partial charge in [0.15, 0.2) is 0 Å². The number of aryl methyl sites for hydroxylation is 2. The van der Waals surface area contributed by atoms with Crippen molar-refractivity contribution in [1.82, 2.24) is 20.3 Å². The van der Waals surface area contributed by atoms with Crippen molar-refractivity contribution in [3.05, 3.63) is 70.2 Å². The number of amides is 1. The minimum atomic E-state index is -0.298. The Bertz CT molecular complexity index is 1140. The number of H-pyrrole nitrogens is 1. The molecule has 0 saturated heterocycles. The normalized spacial score (nSPS) is 11.1. The molecule has 0 spiro atoms. The number of pyridine rings is 1. The Balaban J connectivity index is 1.28. The molecule has 29 heavy (non-hydrogen) atoms. The van der Waals surface area contributed by atoms with Gasteiger partial charge in [0.05, 0.1) is 17.1 Å². The number of aromatic amines is 1. The van der Waals surface area contributed by atoms with E-state index in [-0.39, 0.29) is 18.1 Å². The second-order valence-corrected chi connectivity index (χ2v) is 7.85. The number of benzene rings is 1. The third-order valence-corrected chi connectivity index (χ3v) is 5.74. The maximum Gasteiger partial charge on any atom is 0.224 e. The first-order chi connectivity index (χ1) is 14.1. The maximum absolute atomic E-state index is 13.6. The molecule has 2 N–H and O–H groups in total. The van der Waals surface area contributed by atoms with Gasteiger partial charge in [0.25, 0.3) is 0 Å². The highest BCUT2D eigenvalue weighted by Gasteiger charge is 2.13. The summed E-state index contributed by atoms with van der Waals surface area (Å²) in [5.74, 6) is -0.359. The largest absolute Gasteiger partial charge is 0.358 e. The molecule has 0 radical (unpaired) electrons. The van der Waals surface area contributed by atoms with E-state index in [1.54, 1.807) is 29.8 Å². The fourth-order valence-electron chi connectivity index (χ4n) is 3.35. The first-order valence-electron chi connectivity index (χ1n) is 9.48. The first-order valence-corrected chi connectivity index (χ1v) is 10.4. The predicted octanol–water partition coefficient (Wildman–Crippen LogP) is 4.43. The van der Waals surface area contributed by atoms with E-state index in [4.69, 9.17) is 0 Å². The van der Waals surface area contributed by atoms with Gasteiger partial charge in [-0.15, -0.1) is 11.3 Å². The van der Waals surface area contributed by atoms with Crippen molar-refractivity contribution >= 4 is 28.1 Å². The average molecular weight is 409 g/mol. The third-order valence-electron chi connectivity index (χ3n) is 4.84. The molecule has 0 saturated carbocycles. The Morgan fingerprint density at radius 1 is 1.24 bits per heavy atom. The predicted molar refractivity (Wildman–Crippen MR) is 113 cm³/mol. The van der Waals surface area contributed by atoms with Gasteiger partial charge in [0.2, 0.25) is 5.91 Å². The van der Waals surface area contributed by atoms with E-state index in [2.05, 4.69) is 20.3 Å². The Morgan fingerprint density at radius 2 is 2.07 bits per heavy atom. The van der Waals surface area contributed by atoms with Gasteiger partial charge in [0, 0.05) is 52.9 Å². The molecule has 0 bridgehead atoms. The summed E-state index contributed by atoms with van der Waals surface area (Å²) in [5.41, 5.74) is 4.60.